The van der Waals surface area contributed by atoms with Gasteiger partial charge in [-0.05, 0) is 32.1 Å². The first-order valence-electron chi connectivity index (χ1n) is 7.39. The quantitative estimate of drug-likeness (QED) is 0.911. The number of rotatable bonds is 4. The van der Waals surface area contributed by atoms with Crippen molar-refractivity contribution in [1.29, 1.82) is 0 Å². The van der Waals surface area contributed by atoms with Gasteiger partial charge in [0.15, 0.2) is 23.3 Å². The van der Waals surface area contributed by atoms with Crippen molar-refractivity contribution < 1.29 is 8.78 Å². The van der Waals surface area contributed by atoms with Crippen LogP contribution in [0.25, 0.3) is 0 Å². The summed E-state index contributed by atoms with van der Waals surface area (Å²) in [4.78, 5) is 6.12. The van der Waals surface area contributed by atoms with Crippen LogP contribution < -0.4 is 10.2 Å². The maximum Gasteiger partial charge on any atom is 0.168 e. The van der Waals surface area contributed by atoms with Crippen LogP contribution in [0.5, 0.6) is 0 Å². The van der Waals surface area contributed by atoms with Crippen molar-refractivity contribution in [3.05, 3.63) is 17.7 Å². The second-order valence-electron chi connectivity index (χ2n) is 5.72. The first-order chi connectivity index (χ1) is 9.52. The zero-order valence-corrected chi connectivity index (χ0v) is 12.4. The van der Waals surface area contributed by atoms with E-state index in [1.165, 1.54) is 0 Å². The number of hydrogen-bond donors (Lipinski definition) is 1. The van der Waals surface area contributed by atoms with Gasteiger partial charge in [-0.1, -0.05) is 13.8 Å². The Kier molecular flexibility index (Phi) is 4.78. The molecule has 0 spiro atoms. The Morgan fingerprint density at radius 3 is 2.75 bits per heavy atom. The van der Waals surface area contributed by atoms with E-state index < -0.39 is 11.6 Å². The lowest BCUT2D eigenvalue weighted by molar-refractivity contribution is 0.372. The molecule has 1 aliphatic rings. The predicted molar refractivity (Wildman–Crippen MR) is 78.1 cm³/mol. The van der Waals surface area contributed by atoms with Crippen LogP contribution in [-0.4, -0.2) is 24.1 Å². The number of hydrogen-bond acceptors (Lipinski definition) is 3. The fourth-order valence-corrected chi connectivity index (χ4v) is 2.75. The van der Waals surface area contributed by atoms with Gasteiger partial charge in [0.2, 0.25) is 0 Å². The molecule has 1 aliphatic heterocycles. The number of aromatic nitrogens is 1. The van der Waals surface area contributed by atoms with Gasteiger partial charge in [-0.3, -0.25) is 0 Å². The Morgan fingerprint density at radius 1 is 1.35 bits per heavy atom. The SMILES string of the molecule is CCCNc1nc(N2CCC(C)CC2C)c(F)cc1F. The van der Waals surface area contributed by atoms with Crippen LogP contribution in [0.1, 0.15) is 40.0 Å². The number of halogens is 2. The number of nitrogens with one attached hydrogen (secondary N) is 1. The van der Waals surface area contributed by atoms with Crippen LogP contribution in [0.4, 0.5) is 20.4 Å². The highest BCUT2D eigenvalue weighted by Crippen LogP contribution is 2.30. The van der Waals surface area contributed by atoms with Crippen LogP contribution in [0.3, 0.4) is 0 Å². The highest BCUT2D eigenvalue weighted by Gasteiger charge is 2.27. The van der Waals surface area contributed by atoms with Crippen LogP contribution in [-0.2, 0) is 0 Å². The van der Waals surface area contributed by atoms with Gasteiger partial charge in [0, 0.05) is 25.2 Å². The summed E-state index contributed by atoms with van der Waals surface area (Å²) in [5.74, 6) is -0.149. The minimum absolute atomic E-state index is 0.147. The van der Waals surface area contributed by atoms with Crippen LogP contribution in [0, 0.1) is 17.6 Å². The zero-order chi connectivity index (χ0) is 14.7. The number of piperidine rings is 1. The van der Waals surface area contributed by atoms with Crippen molar-refractivity contribution in [1.82, 2.24) is 4.98 Å². The standard InChI is InChI=1S/C15H23F2N3/c1-4-6-18-14-12(16)9-13(17)15(19-14)20-7-5-10(2)8-11(20)3/h9-11H,4-8H2,1-3H3,(H,18,19). The number of anilines is 2. The van der Waals surface area contributed by atoms with E-state index in [2.05, 4.69) is 24.1 Å². The van der Waals surface area contributed by atoms with Crippen LogP contribution in [0.15, 0.2) is 6.07 Å². The van der Waals surface area contributed by atoms with Crippen molar-refractivity contribution in [3.8, 4) is 0 Å². The second kappa shape index (κ2) is 6.37. The Balaban J connectivity index is 2.26. The van der Waals surface area contributed by atoms with Crippen LogP contribution >= 0.6 is 0 Å². The van der Waals surface area contributed by atoms with Gasteiger partial charge in [-0.25, -0.2) is 13.8 Å². The Labute approximate surface area is 119 Å². The van der Waals surface area contributed by atoms with Gasteiger partial charge in [0.25, 0.3) is 0 Å². The lowest BCUT2D eigenvalue weighted by atomic mass is 9.93. The van der Waals surface area contributed by atoms with Gasteiger partial charge in [0.05, 0.1) is 0 Å². The van der Waals surface area contributed by atoms with Gasteiger partial charge < -0.3 is 10.2 Å². The molecule has 2 rings (SSSR count). The summed E-state index contributed by atoms with van der Waals surface area (Å²) in [6.07, 6.45) is 2.89. The zero-order valence-electron chi connectivity index (χ0n) is 12.4. The number of pyridine rings is 1. The molecule has 1 aromatic heterocycles. The summed E-state index contributed by atoms with van der Waals surface area (Å²) in [5.41, 5.74) is 0. The molecule has 0 aliphatic carbocycles. The molecule has 1 aromatic rings. The van der Waals surface area contributed by atoms with E-state index in [1.54, 1.807) is 0 Å². The van der Waals surface area contributed by atoms with E-state index in [-0.39, 0.29) is 17.7 Å². The molecule has 1 N–H and O–H groups in total. The molecule has 20 heavy (non-hydrogen) atoms. The largest absolute Gasteiger partial charge is 0.368 e. The van der Waals surface area contributed by atoms with Crippen molar-refractivity contribution in [2.75, 3.05) is 23.3 Å². The first kappa shape index (κ1) is 15.0. The summed E-state index contributed by atoms with van der Waals surface area (Å²) >= 11 is 0. The van der Waals surface area contributed by atoms with Gasteiger partial charge >= 0.3 is 0 Å². The number of nitrogens with zero attached hydrogens (tertiary/aromatic N) is 2. The third kappa shape index (κ3) is 3.19. The minimum atomic E-state index is -0.627. The third-order valence-corrected chi connectivity index (χ3v) is 3.86. The van der Waals surface area contributed by atoms with E-state index in [0.29, 0.717) is 12.5 Å². The molecule has 0 aromatic carbocycles. The van der Waals surface area contributed by atoms with Gasteiger partial charge in [-0.2, -0.15) is 0 Å². The monoisotopic (exact) mass is 283 g/mol. The normalized spacial score (nSPS) is 22.9. The lowest BCUT2D eigenvalue weighted by Crippen LogP contribution is -2.41. The Hall–Kier alpha value is -1.39. The predicted octanol–water partition coefficient (Wildman–Crippen LogP) is 3.81. The van der Waals surface area contributed by atoms with Gasteiger partial charge in [-0.15, -0.1) is 0 Å². The molecule has 3 nitrogen and oxygen atoms in total. The molecule has 112 valence electrons. The van der Waals surface area contributed by atoms with E-state index in [0.717, 1.165) is 31.9 Å². The molecule has 0 bridgehead atoms. The molecular formula is C15H23F2N3. The molecule has 5 heteroatoms. The van der Waals surface area contributed by atoms with Crippen LogP contribution in [0.2, 0.25) is 0 Å². The maximum atomic E-state index is 14.0. The third-order valence-electron chi connectivity index (χ3n) is 3.86. The van der Waals surface area contributed by atoms with Gasteiger partial charge in [0.1, 0.15) is 0 Å². The average Bonchev–Trinajstić information content (AvgIpc) is 2.39. The minimum Gasteiger partial charge on any atom is -0.368 e. The molecule has 1 fully saturated rings. The lowest BCUT2D eigenvalue weighted by Gasteiger charge is -2.37. The average molecular weight is 283 g/mol. The molecule has 0 amide bonds. The molecule has 1 saturated heterocycles. The summed E-state index contributed by atoms with van der Waals surface area (Å²) < 4.78 is 27.7. The highest BCUT2D eigenvalue weighted by molar-refractivity contribution is 5.50. The summed E-state index contributed by atoms with van der Waals surface area (Å²) in [6, 6.07) is 1.16. The van der Waals surface area contributed by atoms with E-state index in [4.69, 9.17) is 0 Å². The Bertz CT molecular complexity index is 465. The van der Waals surface area contributed by atoms with E-state index in [1.807, 2.05) is 11.8 Å². The molecule has 0 radical (unpaired) electrons. The summed E-state index contributed by atoms with van der Waals surface area (Å²) in [7, 11) is 0. The fraction of sp³-hybridized carbons (Fsp3) is 0.667. The molecular weight excluding hydrogens is 260 g/mol. The molecule has 2 heterocycles. The van der Waals surface area contributed by atoms with E-state index in [9.17, 15) is 8.78 Å². The summed E-state index contributed by atoms with van der Waals surface area (Å²) in [5, 5.41) is 2.91. The smallest absolute Gasteiger partial charge is 0.168 e. The van der Waals surface area contributed by atoms with Crippen molar-refractivity contribution in [2.45, 2.75) is 46.1 Å². The Morgan fingerprint density at radius 2 is 2.10 bits per heavy atom. The van der Waals surface area contributed by atoms with Crippen molar-refractivity contribution >= 4 is 11.6 Å². The second-order valence-corrected chi connectivity index (χ2v) is 5.72. The topological polar surface area (TPSA) is 28.2 Å². The fourth-order valence-electron chi connectivity index (χ4n) is 2.75. The van der Waals surface area contributed by atoms with Crippen molar-refractivity contribution in [3.63, 3.8) is 0 Å². The van der Waals surface area contributed by atoms with Crippen molar-refractivity contribution in [2.24, 2.45) is 5.92 Å². The molecule has 2 atom stereocenters. The maximum absolute atomic E-state index is 14.0. The summed E-state index contributed by atoms with van der Waals surface area (Å²) in [6.45, 7) is 7.66. The first-order valence-corrected chi connectivity index (χ1v) is 7.39. The van der Waals surface area contributed by atoms with E-state index >= 15 is 0 Å². The molecule has 0 saturated carbocycles. The highest BCUT2D eigenvalue weighted by atomic mass is 19.1. The molecule has 2 unspecified atom stereocenters.